The molecule has 3 amide bonds. The van der Waals surface area contributed by atoms with E-state index in [1.54, 1.807) is 13.0 Å². The zero-order valence-corrected chi connectivity index (χ0v) is 30.1. The summed E-state index contributed by atoms with van der Waals surface area (Å²) in [6.07, 6.45) is 4.68. The van der Waals surface area contributed by atoms with Crippen LogP contribution in [0.1, 0.15) is 58.2 Å². The maximum atomic E-state index is 14.0. The highest BCUT2D eigenvalue weighted by atomic mass is 35.5. The molecule has 1 aromatic heterocycles. The highest BCUT2D eigenvalue weighted by Crippen LogP contribution is 2.30. The van der Waals surface area contributed by atoms with Crippen LogP contribution in [0.15, 0.2) is 36.0 Å². The fourth-order valence-electron chi connectivity index (χ4n) is 6.04. The van der Waals surface area contributed by atoms with Crippen molar-refractivity contribution in [3.63, 3.8) is 0 Å². The molecular weight excluding hydrogens is 666 g/mol. The van der Waals surface area contributed by atoms with Gasteiger partial charge < -0.3 is 37.0 Å². The van der Waals surface area contributed by atoms with E-state index in [0.29, 0.717) is 37.6 Å². The minimum atomic E-state index is -0.925. The van der Waals surface area contributed by atoms with Crippen LogP contribution in [0.25, 0.3) is 4.91 Å². The number of benzene rings is 1. The summed E-state index contributed by atoms with van der Waals surface area (Å²) >= 11 is 7.22. The van der Waals surface area contributed by atoms with Crippen molar-refractivity contribution in [2.75, 3.05) is 49.9 Å². The summed E-state index contributed by atoms with van der Waals surface area (Å²) in [5, 5.41) is 27.0. The van der Waals surface area contributed by atoms with Crippen LogP contribution in [0, 0.1) is 17.1 Å². The third-order valence-electron chi connectivity index (χ3n) is 8.69. The van der Waals surface area contributed by atoms with Gasteiger partial charge in [0.05, 0.1) is 24.4 Å². The Bertz CT molecular complexity index is 1600. The predicted molar refractivity (Wildman–Crippen MR) is 194 cm³/mol. The molecule has 0 radical (unpaired) electrons. The van der Waals surface area contributed by atoms with Gasteiger partial charge in [0, 0.05) is 55.8 Å². The van der Waals surface area contributed by atoms with E-state index in [4.69, 9.17) is 29.5 Å². The second kappa shape index (κ2) is 16.1. The standard InChI is InChI=1S/C34H46ClN9O4S/c1-7-49-29(20(2)36)23-10-8-22(9-11-23)21(3)38-32(47)26-16-24(45)18-44(26)33(48)30(34(4,5)6)39-28(46)19-42-12-14-43(15-13-42)25-17-27(35)40-41-31(25)37/h1,8-11,17,21,24,26,30,45H,12-16,18-19,36H2,2-6H3,(H2,37,41)(H,38,47)(H,39,46)/b29-20-/t21-,24+,26-,30+/m0/s1. The molecule has 1 aromatic carbocycles. The van der Waals surface area contributed by atoms with Crippen LogP contribution in [0.5, 0.6) is 0 Å². The Morgan fingerprint density at radius 2 is 1.80 bits per heavy atom. The van der Waals surface area contributed by atoms with Crippen LogP contribution >= 0.6 is 23.4 Å². The highest BCUT2D eigenvalue weighted by Gasteiger charge is 2.44. The summed E-state index contributed by atoms with van der Waals surface area (Å²) in [6, 6.07) is 7.03. The molecule has 49 heavy (non-hydrogen) atoms. The van der Waals surface area contributed by atoms with Crippen molar-refractivity contribution in [1.82, 2.24) is 30.6 Å². The third kappa shape index (κ3) is 9.57. The molecule has 2 aromatic rings. The zero-order valence-electron chi connectivity index (χ0n) is 28.6. The molecule has 4 rings (SSSR count). The number of β-amino-alcohol motifs (C(OH)–C–C–N with tert-alkyl or cyclic N) is 1. The lowest BCUT2D eigenvalue weighted by atomic mass is 9.85. The first kappa shape index (κ1) is 37.8. The summed E-state index contributed by atoms with van der Waals surface area (Å²) in [5.74, 6) is -0.823. The Morgan fingerprint density at radius 1 is 1.14 bits per heavy atom. The van der Waals surface area contributed by atoms with E-state index in [-0.39, 0.29) is 48.3 Å². The van der Waals surface area contributed by atoms with Crippen molar-refractivity contribution in [2.45, 2.75) is 65.3 Å². The van der Waals surface area contributed by atoms with Crippen molar-refractivity contribution in [2.24, 2.45) is 11.1 Å². The maximum absolute atomic E-state index is 14.0. The Balaban J connectivity index is 1.38. The number of anilines is 2. The minimum absolute atomic E-state index is 0.0121. The van der Waals surface area contributed by atoms with Crippen molar-refractivity contribution >= 4 is 57.5 Å². The Morgan fingerprint density at radius 3 is 2.39 bits per heavy atom. The third-order valence-corrected chi connectivity index (χ3v) is 9.75. The van der Waals surface area contributed by atoms with E-state index < -0.39 is 29.5 Å². The number of halogens is 1. The van der Waals surface area contributed by atoms with Gasteiger partial charge >= 0.3 is 0 Å². The van der Waals surface area contributed by atoms with Crippen molar-refractivity contribution < 1.29 is 19.5 Å². The van der Waals surface area contributed by atoms with Crippen LogP contribution in [0.4, 0.5) is 11.5 Å². The molecule has 0 spiro atoms. The summed E-state index contributed by atoms with van der Waals surface area (Å²) in [5.41, 5.74) is 14.3. The molecule has 2 aliphatic heterocycles. The first-order chi connectivity index (χ1) is 23.1. The molecule has 7 N–H and O–H groups in total. The number of carbonyl (C=O) groups is 3. The van der Waals surface area contributed by atoms with Gasteiger partial charge in [0.1, 0.15) is 12.1 Å². The summed E-state index contributed by atoms with van der Waals surface area (Å²) in [6.45, 7) is 11.6. The molecule has 15 heteroatoms. The number of carbonyl (C=O) groups excluding carboxylic acids is 3. The first-order valence-corrected chi connectivity index (χ1v) is 17.3. The number of terminal acetylenes is 1. The number of nitrogens with two attached hydrogens (primary N) is 2. The van der Waals surface area contributed by atoms with E-state index in [9.17, 15) is 19.5 Å². The number of amides is 3. The fourth-order valence-corrected chi connectivity index (χ4v) is 6.71. The number of likely N-dealkylation sites (tertiary alicyclic amines) is 1. The molecule has 0 aliphatic carbocycles. The van der Waals surface area contributed by atoms with Crippen LogP contribution in [0.3, 0.4) is 0 Å². The lowest BCUT2D eigenvalue weighted by Gasteiger charge is -2.37. The van der Waals surface area contributed by atoms with E-state index in [2.05, 4.69) is 26.1 Å². The SMILES string of the molecule is C#CS/C(=C(/C)N)c1ccc([C@H](C)NC(=O)[C@@H]2C[C@@H](O)CN2C(=O)[C@@H](NC(=O)CN2CCN(c3cc(Cl)nnc3N)CC2)C(C)(C)C)cc1. The number of allylic oxidation sites excluding steroid dienone is 1. The molecule has 4 atom stereocenters. The van der Waals surface area contributed by atoms with Gasteiger partial charge in [-0.3, -0.25) is 19.3 Å². The number of thioether (sulfide) groups is 1. The van der Waals surface area contributed by atoms with Crippen molar-refractivity contribution in [3.05, 3.63) is 52.3 Å². The van der Waals surface area contributed by atoms with Crippen LogP contribution in [0.2, 0.25) is 5.15 Å². The van der Waals surface area contributed by atoms with Gasteiger partial charge in [-0.05, 0) is 47.4 Å². The van der Waals surface area contributed by atoms with E-state index in [0.717, 1.165) is 16.0 Å². The number of aliphatic hydroxyl groups excluding tert-OH is 1. The number of rotatable bonds is 10. The van der Waals surface area contributed by atoms with Gasteiger partial charge in [-0.15, -0.1) is 16.6 Å². The molecule has 0 unspecified atom stereocenters. The molecule has 264 valence electrons. The van der Waals surface area contributed by atoms with E-state index in [1.807, 2.05) is 61.8 Å². The molecule has 0 saturated carbocycles. The highest BCUT2D eigenvalue weighted by molar-refractivity contribution is 8.12. The summed E-state index contributed by atoms with van der Waals surface area (Å²) in [7, 11) is 0. The first-order valence-electron chi connectivity index (χ1n) is 16.1. The number of piperazine rings is 1. The normalized spacial score (nSPS) is 20.2. The van der Waals surface area contributed by atoms with Gasteiger partial charge in [-0.25, -0.2) is 0 Å². The van der Waals surface area contributed by atoms with E-state index in [1.165, 1.54) is 16.7 Å². The molecule has 13 nitrogen and oxygen atoms in total. The summed E-state index contributed by atoms with van der Waals surface area (Å²) in [4.78, 5) is 47.2. The summed E-state index contributed by atoms with van der Waals surface area (Å²) < 4.78 is 0. The molecule has 2 aliphatic rings. The average molecular weight is 712 g/mol. The molecule has 2 fully saturated rings. The Labute approximate surface area is 297 Å². The van der Waals surface area contributed by atoms with Gasteiger partial charge in [-0.1, -0.05) is 56.6 Å². The average Bonchev–Trinajstić information content (AvgIpc) is 3.45. The number of hydrogen-bond donors (Lipinski definition) is 5. The maximum Gasteiger partial charge on any atom is 0.246 e. The number of nitrogen functional groups attached to an aromatic ring is 1. The monoisotopic (exact) mass is 711 g/mol. The molecule has 0 bridgehead atoms. The molecule has 3 heterocycles. The second-order valence-electron chi connectivity index (χ2n) is 13.5. The van der Waals surface area contributed by atoms with Crippen LogP contribution in [-0.2, 0) is 14.4 Å². The predicted octanol–water partition coefficient (Wildman–Crippen LogP) is 2.18. The number of aliphatic hydroxyl groups is 1. The number of nitrogens with zero attached hydrogens (tertiary/aromatic N) is 5. The number of aromatic nitrogens is 2. The Hall–Kier alpha value is -4.03. The lowest BCUT2D eigenvalue weighted by Crippen LogP contribution is -2.59. The van der Waals surface area contributed by atoms with Crippen molar-refractivity contribution in [3.8, 4) is 11.7 Å². The largest absolute Gasteiger partial charge is 0.401 e. The van der Waals surface area contributed by atoms with Gasteiger partial charge in [0.25, 0.3) is 0 Å². The molecule has 2 saturated heterocycles. The van der Waals surface area contributed by atoms with Crippen LogP contribution < -0.4 is 27.0 Å². The second-order valence-corrected chi connectivity index (χ2v) is 14.8. The smallest absolute Gasteiger partial charge is 0.246 e. The lowest BCUT2D eigenvalue weighted by molar-refractivity contribution is -0.144. The minimum Gasteiger partial charge on any atom is -0.401 e. The Kier molecular flexibility index (Phi) is 12.4. The van der Waals surface area contributed by atoms with Gasteiger partial charge in [0.15, 0.2) is 11.0 Å². The number of nitrogens with one attached hydrogen (secondary N) is 2. The number of hydrogen-bond acceptors (Lipinski definition) is 11. The zero-order chi connectivity index (χ0) is 36.0. The van der Waals surface area contributed by atoms with E-state index >= 15 is 0 Å². The topological polar surface area (TPSA) is 183 Å². The molecular formula is C34H46ClN9O4S. The van der Waals surface area contributed by atoms with Crippen LogP contribution in [-0.4, -0.2) is 100 Å². The van der Waals surface area contributed by atoms with Gasteiger partial charge in [0.2, 0.25) is 17.7 Å². The van der Waals surface area contributed by atoms with Crippen molar-refractivity contribution in [1.29, 1.82) is 0 Å². The van der Waals surface area contributed by atoms with Gasteiger partial charge in [-0.2, -0.15) is 0 Å². The quantitative estimate of drug-likeness (QED) is 0.228. The fraction of sp³-hybridized carbons (Fsp3) is 0.500.